The van der Waals surface area contributed by atoms with E-state index in [1.54, 1.807) is 27.4 Å². The summed E-state index contributed by atoms with van der Waals surface area (Å²) >= 11 is 0. The number of carbonyl (C=O) groups excluding carboxylic acids is 4. The first-order valence-electron chi connectivity index (χ1n) is 15.9. The summed E-state index contributed by atoms with van der Waals surface area (Å²) in [6.45, 7) is 27.2. The highest BCUT2D eigenvalue weighted by Gasteiger charge is 2.39. The van der Waals surface area contributed by atoms with Crippen LogP contribution in [0.1, 0.15) is 128 Å². The largest absolute Gasteiger partial charge is 0.450 e. The molecule has 48 heavy (non-hydrogen) atoms. The fourth-order valence-corrected chi connectivity index (χ4v) is 3.32. The minimum absolute atomic E-state index is 0. The lowest BCUT2D eigenvalue weighted by Gasteiger charge is -2.16. The summed E-state index contributed by atoms with van der Waals surface area (Å²) in [6.07, 6.45) is -2.56. The Balaban J connectivity index is -0.000000164. The minimum atomic E-state index is -4.66. The van der Waals surface area contributed by atoms with Gasteiger partial charge in [0.05, 0.1) is 12.2 Å². The molecule has 0 aliphatic rings. The highest BCUT2D eigenvalue weighted by atomic mass is 31.2. The van der Waals surface area contributed by atoms with E-state index >= 15 is 0 Å². The van der Waals surface area contributed by atoms with E-state index in [0.717, 1.165) is 25.0 Å². The van der Waals surface area contributed by atoms with Crippen molar-refractivity contribution in [1.29, 1.82) is 0 Å². The first-order chi connectivity index (χ1) is 21.1. The Hall–Kier alpha value is -2.26. The second-order valence-corrected chi connectivity index (χ2v) is 15.9. The van der Waals surface area contributed by atoms with Gasteiger partial charge in [-0.2, -0.15) is 13.2 Å². The van der Waals surface area contributed by atoms with Gasteiger partial charge in [-0.05, 0) is 25.5 Å². The molecule has 0 aliphatic carbocycles. The number of unbranched alkanes of at least 4 members (excludes halogenated alkanes) is 1. The first-order valence-corrected chi connectivity index (χ1v) is 18.1. The molecule has 0 radical (unpaired) electrons. The molecule has 6 nitrogen and oxygen atoms in total. The van der Waals surface area contributed by atoms with E-state index in [4.69, 9.17) is 4.52 Å². The molecule has 0 N–H and O–H groups in total. The van der Waals surface area contributed by atoms with Crippen molar-refractivity contribution >= 4 is 30.5 Å². The summed E-state index contributed by atoms with van der Waals surface area (Å²) in [5.41, 5.74) is 0.107. The Labute approximate surface area is 287 Å². The predicted molar refractivity (Wildman–Crippen MR) is 188 cm³/mol. The maximum atomic E-state index is 13.0. The van der Waals surface area contributed by atoms with E-state index in [1.165, 1.54) is 19.9 Å². The number of ketones is 4. The highest BCUT2D eigenvalue weighted by molar-refractivity contribution is 7.58. The Morgan fingerprint density at radius 1 is 0.771 bits per heavy atom. The molecule has 0 aliphatic heterocycles. The number of alkyl halides is 3. The fraction of sp³-hybridized carbons (Fsp3) is 0.722. The lowest BCUT2D eigenvalue weighted by molar-refractivity contribution is -0.174. The zero-order valence-electron chi connectivity index (χ0n) is 31.1. The van der Waals surface area contributed by atoms with Gasteiger partial charge in [0.15, 0.2) is 5.78 Å². The summed E-state index contributed by atoms with van der Waals surface area (Å²) in [6, 6.07) is 2.97. The number of hydrogen-bond acceptors (Lipinski definition) is 6. The van der Waals surface area contributed by atoms with Crippen molar-refractivity contribution in [3.63, 3.8) is 0 Å². The Kier molecular flexibility index (Phi) is 31.7. The third-order valence-electron chi connectivity index (χ3n) is 6.26. The minimum Gasteiger partial charge on any atom is -0.328 e. The standard InChI is InChI=1S/C10H10F2O.C8H19O2P.C7H14O.C5H7F3O.C5H10O.CH4/c1-6(2)10(13)8-4-3-7(11)5-9(8)12;1-5-6-7-10-11(4,9)8(2)3;1-5(2)7(8)6(3)4;1-3(2)4(9)5(6,7)8;1-4(2)5(3)6;/h3-6H,1-2H3;8H,5-7H2,1-4H3;5-6H,1-4H3;3H,1-2H3;4H,1-3H3;1H4. The van der Waals surface area contributed by atoms with Gasteiger partial charge in [0.25, 0.3) is 0 Å². The van der Waals surface area contributed by atoms with Crippen LogP contribution in [0.4, 0.5) is 22.0 Å². The Morgan fingerprint density at radius 2 is 1.19 bits per heavy atom. The molecule has 1 unspecified atom stereocenters. The molecule has 0 aromatic heterocycles. The molecular weight excluding hydrogens is 654 g/mol. The molecule has 0 spiro atoms. The van der Waals surface area contributed by atoms with Crippen LogP contribution in [0, 0.1) is 41.2 Å². The summed E-state index contributed by atoms with van der Waals surface area (Å²) in [4.78, 5) is 42.3. The lowest BCUT2D eigenvalue weighted by atomic mass is 9.99. The van der Waals surface area contributed by atoms with Gasteiger partial charge in [-0.1, -0.05) is 104 Å². The van der Waals surface area contributed by atoms with Crippen LogP contribution in [0.2, 0.25) is 0 Å². The number of hydrogen-bond donors (Lipinski definition) is 0. The smallest absolute Gasteiger partial charge is 0.328 e. The van der Waals surface area contributed by atoms with Crippen molar-refractivity contribution in [3.8, 4) is 0 Å². The van der Waals surface area contributed by atoms with Gasteiger partial charge >= 0.3 is 6.18 Å². The summed E-state index contributed by atoms with van der Waals surface area (Å²) in [7, 11) is -2.29. The number of carbonyl (C=O) groups is 4. The fourth-order valence-electron chi connectivity index (χ4n) is 2.53. The number of halogens is 5. The van der Waals surface area contributed by atoms with E-state index < -0.39 is 36.9 Å². The van der Waals surface area contributed by atoms with Crippen LogP contribution in [0.3, 0.4) is 0 Å². The monoisotopic (exact) mass is 718 g/mol. The van der Waals surface area contributed by atoms with Crippen molar-refractivity contribution in [2.24, 2.45) is 29.6 Å². The quantitative estimate of drug-likeness (QED) is 0.0978. The number of rotatable bonds is 11. The summed E-state index contributed by atoms with van der Waals surface area (Å²) in [5.74, 6) is -3.43. The molecule has 1 atom stereocenters. The zero-order valence-corrected chi connectivity index (χ0v) is 32.0. The molecule has 1 rings (SSSR count). The molecule has 12 heteroatoms. The normalized spacial score (nSPS) is 12.0. The van der Waals surface area contributed by atoms with E-state index in [9.17, 15) is 45.7 Å². The molecule has 1 aromatic rings. The van der Waals surface area contributed by atoms with Crippen LogP contribution in [-0.2, 0) is 23.5 Å². The van der Waals surface area contributed by atoms with Gasteiger partial charge in [-0.3, -0.25) is 23.7 Å². The molecular formula is C36H64F5O6P. The van der Waals surface area contributed by atoms with E-state index in [2.05, 4.69) is 6.92 Å². The average Bonchev–Trinajstić information content (AvgIpc) is 2.92. The van der Waals surface area contributed by atoms with E-state index in [1.807, 2.05) is 55.4 Å². The average molecular weight is 719 g/mol. The molecule has 0 saturated heterocycles. The predicted octanol–water partition coefficient (Wildman–Crippen LogP) is 11.4. The maximum Gasteiger partial charge on any atom is 0.450 e. The van der Waals surface area contributed by atoms with Crippen molar-refractivity contribution in [2.75, 3.05) is 13.3 Å². The Bertz CT molecular complexity index is 1100. The second-order valence-electron chi connectivity index (χ2n) is 12.8. The molecule has 1 aromatic carbocycles. The molecule has 0 saturated carbocycles. The van der Waals surface area contributed by atoms with Gasteiger partial charge in [-0.25, -0.2) is 8.78 Å². The highest BCUT2D eigenvalue weighted by Crippen LogP contribution is 2.47. The molecule has 0 amide bonds. The van der Waals surface area contributed by atoms with Crippen LogP contribution in [-0.4, -0.2) is 48.2 Å². The van der Waals surface area contributed by atoms with Crippen LogP contribution < -0.4 is 0 Å². The van der Waals surface area contributed by atoms with Crippen LogP contribution in [0.5, 0.6) is 0 Å². The number of benzene rings is 1. The summed E-state index contributed by atoms with van der Waals surface area (Å²) in [5, 5.41) is 0. The molecule has 0 heterocycles. The van der Waals surface area contributed by atoms with E-state index in [0.29, 0.717) is 12.4 Å². The van der Waals surface area contributed by atoms with Gasteiger partial charge in [0, 0.05) is 48.0 Å². The van der Waals surface area contributed by atoms with Gasteiger partial charge in [-0.15, -0.1) is 0 Å². The first kappa shape index (κ1) is 55.2. The molecule has 0 fully saturated rings. The number of Topliss-reactive ketones (excluding diaryl/α,β-unsaturated/α-hetero) is 4. The maximum absolute atomic E-state index is 13.0. The van der Waals surface area contributed by atoms with Crippen LogP contribution in [0.25, 0.3) is 0 Å². The molecule has 0 bridgehead atoms. The topological polar surface area (TPSA) is 94.6 Å². The molecule has 284 valence electrons. The summed E-state index contributed by atoms with van der Waals surface area (Å²) < 4.78 is 76.4. The van der Waals surface area contributed by atoms with Crippen molar-refractivity contribution < 1.29 is 50.2 Å². The Morgan fingerprint density at radius 3 is 1.40 bits per heavy atom. The lowest BCUT2D eigenvalue weighted by Crippen LogP contribution is -2.27. The zero-order chi connectivity index (χ0) is 38.5. The van der Waals surface area contributed by atoms with Gasteiger partial charge in [0.1, 0.15) is 23.2 Å². The third kappa shape index (κ3) is 28.7. The van der Waals surface area contributed by atoms with E-state index in [-0.39, 0.29) is 53.9 Å². The van der Waals surface area contributed by atoms with Gasteiger partial charge in [0.2, 0.25) is 13.2 Å². The third-order valence-corrected chi connectivity index (χ3v) is 8.83. The van der Waals surface area contributed by atoms with Gasteiger partial charge < -0.3 is 4.52 Å². The second kappa shape index (κ2) is 27.5. The van der Waals surface area contributed by atoms with Crippen molar-refractivity contribution in [1.82, 2.24) is 0 Å². The SMILES string of the molecule is C.CC(=O)C(C)C.CC(C)C(=O)C(C)C.CC(C)C(=O)C(F)(F)F.CC(C)C(=O)c1ccc(F)cc1F.CCCCOP(C)(=O)C(C)C. The van der Waals surface area contributed by atoms with Crippen LogP contribution >= 0.6 is 7.37 Å². The van der Waals surface area contributed by atoms with Crippen LogP contribution in [0.15, 0.2) is 18.2 Å². The van der Waals surface area contributed by atoms with Crippen molar-refractivity contribution in [3.05, 3.63) is 35.4 Å². The van der Waals surface area contributed by atoms with Crippen molar-refractivity contribution in [2.45, 2.75) is 129 Å².